The number of pyridine rings is 1. The predicted molar refractivity (Wildman–Crippen MR) is 156 cm³/mol. The van der Waals surface area contributed by atoms with E-state index in [4.69, 9.17) is 16.1 Å². The highest BCUT2D eigenvalue weighted by atomic mass is 19.1. The second kappa shape index (κ2) is 11.4. The summed E-state index contributed by atoms with van der Waals surface area (Å²) in [4.78, 5) is 17.9. The van der Waals surface area contributed by atoms with Crippen LogP contribution in [-0.2, 0) is 0 Å². The lowest BCUT2D eigenvalue weighted by atomic mass is 9.96. The fourth-order valence-electron chi connectivity index (χ4n) is 6.33. The quantitative estimate of drug-likeness (QED) is 0.336. The topological polar surface area (TPSA) is 98.4 Å². The predicted octanol–water partition coefficient (Wildman–Crippen LogP) is 5.22. The lowest BCUT2D eigenvalue weighted by Crippen LogP contribution is -2.22. The number of fused-ring (bicyclic) bond motifs is 3. The van der Waals surface area contributed by atoms with E-state index in [1.54, 1.807) is 18.3 Å². The number of hydrogen-bond acceptors (Lipinski definition) is 8. The van der Waals surface area contributed by atoms with Gasteiger partial charge in [-0.1, -0.05) is 12.0 Å². The van der Waals surface area contributed by atoms with E-state index in [0.717, 1.165) is 19.4 Å². The normalized spacial score (nSPS) is 21.5. The molecular weight excluding hydrogens is 538 g/mol. The first kappa shape index (κ1) is 27.6. The van der Waals surface area contributed by atoms with Crippen LogP contribution < -0.4 is 9.64 Å². The number of methoxy groups -OCH3 is 1. The zero-order chi connectivity index (χ0) is 29.4. The summed E-state index contributed by atoms with van der Waals surface area (Å²) < 4.78 is 32.4. The van der Waals surface area contributed by atoms with Gasteiger partial charge in [-0.05, 0) is 61.9 Å². The number of rotatable bonds is 3. The van der Waals surface area contributed by atoms with E-state index in [2.05, 4.69) is 26.9 Å². The molecule has 0 saturated carbocycles. The summed E-state index contributed by atoms with van der Waals surface area (Å²) in [5.74, 6) is 2.41. The molecule has 8 nitrogen and oxygen atoms in total. The average molecular weight is 569 g/mol. The lowest BCUT2D eigenvalue weighted by molar-refractivity contribution is 0.292. The van der Waals surface area contributed by atoms with Crippen LogP contribution in [0.5, 0.6) is 11.8 Å². The van der Waals surface area contributed by atoms with Gasteiger partial charge in [-0.2, -0.15) is 10.2 Å². The molecule has 2 aromatic carbocycles. The number of ether oxygens (including phenoxy) is 1. The van der Waals surface area contributed by atoms with Crippen LogP contribution in [-0.4, -0.2) is 70.5 Å². The number of nitriles is 1. The van der Waals surface area contributed by atoms with Gasteiger partial charge in [0.25, 0.3) is 0 Å². The molecule has 3 aliphatic rings. The maximum absolute atomic E-state index is 14.6. The number of halogens is 2. The number of aromatic nitrogens is 3. The highest BCUT2D eigenvalue weighted by Crippen LogP contribution is 2.38. The molecule has 3 atom stereocenters. The van der Waals surface area contributed by atoms with E-state index in [0.29, 0.717) is 64.4 Å². The Kier molecular flexibility index (Phi) is 7.49. The number of hydrogen-bond donors (Lipinski definition) is 1. The summed E-state index contributed by atoms with van der Waals surface area (Å²) in [6, 6.07) is 10.8. The van der Waals surface area contributed by atoms with Gasteiger partial charge in [-0.15, -0.1) is 6.42 Å². The summed E-state index contributed by atoms with van der Waals surface area (Å²) in [7, 11) is 1.48. The SMILES string of the molecule is C#Cc1c(F)ccc2cc(O)cc(-c3cc4nc(OC)ncc4c(N4CCC(C#N)C4)n3)c12.FC1CC2CCCN2C1. The van der Waals surface area contributed by atoms with Gasteiger partial charge in [0, 0.05) is 42.8 Å². The van der Waals surface area contributed by atoms with Gasteiger partial charge >= 0.3 is 6.01 Å². The Bertz CT molecular complexity index is 1740. The third kappa shape index (κ3) is 5.15. The van der Waals surface area contributed by atoms with Crippen LogP contribution in [0.25, 0.3) is 32.9 Å². The third-order valence-electron chi connectivity index (χ3n) is 8.32. The maximum Gasteiger partial charge on any atom is 0.316 e. The second-order valence-electron chi connectivity index (χ2n) is 11.0. The number of anilines is 1. The Morgan fingerprint density at radius 1 is 1.14 bits per heavy atom. The number of aromatic hydroxyl groups is 1. The van der Waals surface area contributed by atoms with Crippen molar-refractivity contribution in [3.63, 3.8) is 0 Å². The summed E-state index contributed by atoms with van der Waals surface area (Å²) in [6.07, 6.45) is 10.8. The molecule has 0 bridgehead atoms. The Hall–Kier alpha value is -4.54. The second-order valence-corrected chi connectivity index (χ2v) is 11.0. The first-order chi connectivity index (χ1) is 20.4. The minimum Gasteiger partial charge on any atom is -0.508 e. The molecule has 4 aromatic rings. The van der Waals surface area contributed by atoms with E-state index in [9.17, 15) is 19.1 Å². The Labute approximate surface area is 242 Å². The van der Waals surface area contributed by atoms with Gasteiger partial charge in [0.05, 0.1) is 41.3 Å². The van der Waals surface area contributed by atoms with Gasteiger partial charge in [0.2, 0.25) is 0 Å². The largest absolute Gasteiger partial charge is 0.508 e. The van der Waals surface area contributed by atoms with Crippen molar-refractivity contribution in [1.29, 1.82) is 5.26 Å². The van der Waals surface area contributed by atoms with Crippen LogP contribution >= 0.6 is 0 Å². The smallest absolute Gasteiger partial charge is 0.316 e. The van der Waals surface area contributed by atoms with Crippen molar-refractivity contribution in [2.24, 2.45) is 5.92 Å². The molecule has 2 aromatic heterocycles. The summed E-state index contributed by atoms with van der Waals surface area (Å²) >= 11 is 0. The summed E-state index contributed by atoms with van der Waals surface area (Å²) in [5, 5.41) is 21.5. The molecule has 7 rings (SSSR count). The highest BCUT2D eigenvalue weighted by molar-refractivity contribution is 6.03. The van der Waals surface area contributed by atoms with Crippen LogP contribution in [0.1, 0.15) is 31.2 Å². The molecule has 0 spiro atoms. The van der Waals surface area contributed by atoms with Crippen molar-refractivity contribution in [3.05, 3.63) is 47.9 Å². The van der Waals surface area contributed by atoms with Gasteiger partial charge in [0.1, 0.15) is 23.6 Å². The van der Waals surface area contributed by atoms with Crippen LogP contribution in [0.4, 0.5) is 14.6 Å². The number of alkyl halides is 1. The number of terminal acetylenes is 1. The van der Waals surface area contributed by atoms with Crippen LogP contribution in [0.3, 0.4) is 0 Å². The number of benzene rings is 2. The van der Waals surface area contributed by atoms with Gasteiger partial charge in [-0.25, -0.2) is 18.7 Å². The van der Waals surface area contributed by atoms with E-state index >= 15 is 0 Å². The summed E-state index contributed by atoms with van der Waals surface area (Å²) in [6.45, 7) is 3.04. The molecule has 1 N–H and O–H groups in total. The van der Waals surface area contributed by atoms with E-state index < -0.39 is 12.0 Å². The Balaban J connectivity index is 0.000000296. The van der Waals surface area contributed by atoms with Gasteiger partial charge in [-0.3, -0.25) is 4.90 Å². The van der Waals surface area contributed by atoms with Crippen LogP contribution in [0, 0.1) is 35.4 Å². The monoisotopic (exact) mass is 568 g/mol. The van der Waals surface area contributed by atoms with Gasteiger partial charge < -0.3 is 14.7 Å². The molecule has 3 fully saturated rings. The minimum absolute atomic E-state index is 0.00140. The first-order valence-electron chi connectivity index (χ1n) is 14.0. The number of nitrogens with zero attached hydrogens (tertiary/aromatic N) is 6. The Morgan fingerprint density at radius 2 is 2.00 bits per heavy atom. The highest BCUT2D eigenvalue weighted by Gasteiger charge is 2.34. The Morgan fingerprint density at radius 3 is 2.74 bits per heavy atom. The molecule has 0 amide bonds. The zero-order valence-electron chi connectivity index (χ0n) is 23.2. The molecule has 0 radical (unpaired) electrons. The average Bonchev–Trinajstić information content (AvgIpc) is 3.73. The first-order valence-corrected chi connectivity index (χ1v) is 14.0. The molecule has 3 aliphatic heterocycles. The fourth-order valence-corrected chi connectivity index (χ4v) is 6.33. The van der Waals surface area contributed by atoms with Gasteiger partial charge in [0.15, 0.2) is 0 Å². The maximum atomic E-state index is 14.6. The lowest BCUT2D eigenvalue weighted by Gasteiger charge is -2.20. The van der Waals surface area contributed by atoms with Crippen molar-refractivity contribution >= 4 is 27.5 Å². The van der Waals surface area contributed by atoms with E-state index in [1.165, 1.54) is 38.2 Å². The van der Waals surface area contributed by atoms with E-state index in [1.807, 2.05) is 4.90 Å². The molecular formula is C32H30F2N6O2. The summed E-state index contributed by atoms with van der Waals surface area (Å²) in [5.41, 5.74) is 1.60. The van der Waals surface area contributed by atoms with Crippen molar-refractivity contribution in [3.8, 4) is 41.4 Å². The minimum atomic E-state index is -0.529. The van der Waals surface area contributed by atoms with Crippen molar-refractivity contribution < 1.29 is 18.6 Å². The number of phenolic OH excluding ortho intramolecular Hbond substituents is 1. The standard InChI is InChI=1S/C25H18FN5O2.C7H12FN/c1-3-17-20(26)5-4-15-8-16(32)9-18(23(15)17)21-10-22-19(12-28-25(30-22)33-2)24(29-21)31-7-6-14(11-27)13-31;8-6-4-7-2-1-3-9(7)5-6/h1,4-5,8-10,12,14,32H,6-7,13H2,2H3;6-7H,1-5H2. The number of phenols is 1. The fraction of sp³-hybridized carbons (Fsp3) is 0.375. The van der Waals surface area contributed by atoms with Crippen molar-refractivity contribution in [2.45, 2.75) is 37.9 Å². The third-order valence-corrected chi connectivity index (χ3v) is 8.32. The van der Waals surface area contributed by atoms with E-state index in [-0.39, 0.29) is 23.2 Å². The molecule has 214 valence electrons. The van der Waals surface area contributed by atoms with Crippen LogP contribution in [0.15, 0.2) is 36.5 Å². The molecule has 10 heteroatoms. The zero-order valence-corrected chi connectivity index (χ0v) is 23.2. The molecule has 5 heterocycles. The molecule has 3 saturated heterocycles. The van der Waals surface area contributed by atoms with Crippen LogP contribution in [0.2, 0.25) is 0 Å². The molecule has 3 unspecified atom stereocenters. The van der Waals surface area contributed by atoms with Crippen molar-refractivity contribution in [2.75, 3.05) is 38.2 Å². The molecule has 0 aliphatic carbocycles. The molecule has 42 heavy (non-hydrogen) atoms. The van der Waals surface area contributed by atoms with Crippen molar-refractivity contribution in [1.82, 2.24) is 19.9 Å².